The first-order valence-corrected chi connectivity index (χ1v) is 6.57. The summed E-state index contributed by atoms with van der Waals surface area (Å²) in [5.41, 5.74) is 3.01. The Morgan fingerprint density at radius 1 is 1.00 bits per heavy atom. The third-order valence-corrected chi connectivity index (χ3v) is 2.65. The van der Waals surface area contributed by atoms with Crippen molar-refractivity contribution in [2.24, 2.45) is 4.99 Å². The van der Waals surface area contributed by atoms with Gasteiger partial charge in [0.15, 0.2) is 0 Å². The molecule has 0 bridgehead atoms. The highest BCUT2D eigenvalue weighted by molar-refractivity contribution is 5.82. The molecule has 2 rings (SSSR count). The van der Waals surface area contributed by atoms with Crippen LogP contribution in [0.3, 0.4) is 0 Å². The summed E-state index contributed by atoms with van der Waals surface area (Å²) in [7, 11) is 0. The number of para-hydroxylation sites is 1. The molecule has 0 amide bonds. The minimum atomic E-state index is 0.926. The molecule has 0 aromatic heterocycles. The van der Waals surface area contributed by atoms with Crippen LogP contribution in [0.1, 0.15) is 30.9 Å². The number of hydrogen-bond acceptors (Lipinski definition) is 1. The van der Waals surface area contributed by atoms with Gasteiger partial charge >= 0.3 is 0 Å². The van der Waals surface area contributed by atoms with Gasteiger partial charge < -0.3 is 0 Å². The van der Waals surface area contributed by atoms with Crippen molar-refractivity contribution in [2.45, 2.75) is 19.8 Å². The van der Waals surface area contributed by atoms with E-state index in [1.54, 1.807) is 0 Å². The van der Waals surface area contributed by atoms with Crippen LogP contribution >= 0.6 is 0 Å². The molecule has 0 aliphatic rings. The molecule has 0 saturated heterocycles. The van der Waals surface area contributed by atoms with E-state index in [4.69, 9.17) is 0 Å². The quantitative estimate of drug-likeness (QED) is 0.555. The number of nitrogens with zero attached hydrogens (tertiary/aromatic N) is 1. The molecule has 0 heterocycles. The molecule has 0 aliphatic carbocycles. The van der Waals surface area contributed by atoms with Crippen molar-refractivity contribution in [3.8, 4) is 11.8 Å². The maximum atomic E-state index is 4.53. The van der Waals surface area contributed by atoms with Crippen molar-refractivity contribution in [2.75, 3.05) is 0 Å². The molecule has 0 fully saturated rings. The van der Waals surface area contributed by atoms with Gasteiger partial charge in [0.25, 0.3) is 0 Å². The average Bonchev–Trinajstić information content (AvgIpc) is 2.48. The van der Waals surface area contributed by atoms with E-state index >= 15 is 0 Å². The zero-order chi connectivity index (χ0) is 13.3. The maximum absolute atomic E-state index is 4.53. The lowest BCUT2D eigenvalue weighted by Gasteiger charge is -1.97. The normalized spacial score (nSPS) is 10.2. The van der Waals surface area contributed by atoms with E-state index in [2.05, 4.69) is 23.8 Å². The van der Waals surface area contributed by atoms with Gasteiger partial charge in [-0.25, -0.2) is 0 Å². The largest absolute Gasteiger partial charge is 0.255 e. The van der Waals surface area contributed by atoms with Gasteiger partial charge in [-0.3, -0.25) is 4.99 Å². The molecular weight excluding hydrogens is 230 g/mol. The van der Waals surface area contributed by atoms with Gasteiger partial charge in [0.05, 0.1) is 11.3 Å². The molecule has 19 heavy (non-hydrogen) atoms. The minimum Gasteiger partial charge on any atom is -0.255 e. The highest BCUT2D eigenvalue weighted by Crippen LogP contribution is 2.17. The van der Waals surface area contributed by atoms with Crippen molar-refractivity contribution in [3.63, 3.8) is 0 Å². The predicted molar refractivity (Wildman–Crippen MR) is 81.9 cm³/mol. The second-order valence-electron chi connectivity index (χ2n) is 4.24. The SMILES string of the molecule is CCCC#Cc1ccccc1N=Cc1ccccc1. The molecule has 94 valence electrons. The van der Waals surface area contributed by atoms with Crippen LogP contribution < -0.4 is 0 Å². The number of aliphatic imine (C=N–C) groups is 1. The van der Waals surface area contributed by atoms with Crippen molar-refractivity contribution in [1.82, 2.24) is 0 Å². The van der Waals surface area contributed by atoms with Gasteiger partial charge in [0, 0.05) is 12.6 Å². The second kappa shape index (κ2) is 7.18. The lowest BCUT2D eigenvalue weighted by molar-refractivity contribution is 0.983. The molecular formula is C18H17N. The Balaban J connectivity index is 2.21. The average molecular weight is 247 g/mol. The summed E-state index contributed by atoms with van der Waals surface area (Å²) in [4.78, 5) is 4.53. The summed E-state index contributed by atoms with van der Waals surface area (Å²) in [5.74, 6) is 6.35. The van der Waals surface area contributed by atoms with Crippen molar-refractivity contribution < 1.29 is 0 Å². The molecule has 2 aromatic rings. The van der Waals surface area contributed by atoms with Gasteiger partial charge in [-0.15, -0.1) is 0 Å². The molecule has 0 N–H and O–H groups in total. The van der Waals surface area contributed by atoms with E-state index in [-0.39, 0.29) is 0 Å². The van der Waals surface area contributed by atoms with E-state index in [0.717, 1.165) is 29.7 Å². The van der Waals surface area contributed by atoms with Gasteiger partial charge in [0.1, 0.15) is 0 Å². The van der Waals surface area contributed by atoms with Crippen molar-refractivity contribution in [1.29, 1.82) is 0 Å². The van der Waals surface area contributed by atoms with Crippen LogP contribution in [0.25, 0.3) is 0 Å². The fraction of sp³-hybridized carbons (Fsp3) is 0.167. The molecule has 0 atom stereocenters. The fourth-order valence-electron chi connectivity index (χ4n) is 1.66. The van der Waals surface area contributed by atoms with Gasteiger partial charge in [-0.2, -0.15) is 0 Å². The Labute approximate surface area is 115 Å². The van der Waals surface area contributed by atoms with E-state index < -0.39 is 0 Å². The van der Waals surface area contributed by atoms with Crippen molar-refractivity contribution >= 4 is 11.9 Å². The maximum Gasteiger partial charge on any atom is 0.0786 e. The Kier molecular flexibility index (Phi) is 4.96. The first kappa shape index (κ1) is 13.1. The summed E-state index contributed by atoms with van der Waals surface area (Å²) < 4.78 is 0. The molecule has 1 heteroatoms. The van der Waals surface area contributed by atoms with E-state index in [0.29, 0.717) is 0 Å². The van der Waals surface area contributed by atoms with Crippen LogP contribution in [0.4, 0.5) is 5.69 Å². The summed E-state index contributed by atoms with van der Waals surface area (Å²) >= 11 is 0. The van der Waals surface area contributed by atoms with Gasteiger partial charge in [-0.05, 0) is 24.1 Å². The molecule has 1 nitrogen and oxygen atoms in total. The van der Waals surface area contributed by atoms with Gasteiger partial charge in [-0.1, -0.05) is 61.2 Å². The van der Waals surface area contributed by atoms with Crippen LogP contribution in [-0.2, 0) is 0 Å². The Hall–Kier alpha value is -2.33. The van der Waals surface area contributed by atoms with Crippen LogP contribution in [0.5, 0.6) is 0 Å². The lowest BCUT2D eigenvalue weighted by atomic mass is 10.1. The lowest BCUT2D eigenvalue weighted by Crippen LogP contribution is -1.80. The Bertz CT molecular complexity index is 600. The monoisotopic (exact) mass is 247 g/mol. The minimum absolute atomic E-state index is 0.926. The van der Waals surface area contributed by atoms with Gasteiger partial charge in [0.2, 0.25) is 0 Å². The number of benzene rings is 2. The molecule has 0 spiro atoms. The summed E-state index contributed by atoms with van der Waals surface area (Å²) in [5, 5.41) is 0. The van der Waals surface area contributed by atoms with E-state index in [9.17, 15) is 0 Å². The van der Waals surface area contributed by atoms with E-state index in [1.807, 2.05) is 60.8 Å². The zero-order valence-electron chi connectivity index (χ0n) is 11.1. The highest BCUT2D eigenvalue weighted by atomic mass is 14.7. The Morgan fingerprint density at radius 2 is 1.74 bits per heavy atom. The summed E-state index contributed by atoms with van der Waals surface area (Å²) in [6.07, 6.45) is 3.89. The molecule has 0 radical (unpaired) electrons. The third-order valence-electron chi connectivity index (χ3n) is 2.65. The highest BCUT2D eigenvalue weighted by Gasteiger charge is 1.95. The van der Waals surface area contributed by atoms with Crippen LogP contribution in [0.15, 0.2) is 59.6 Å². The standard InChI is InChI=1S/C18H17N/c1-2-3-5-12-17-13-8-9-14-18(17)19-15-16-10-6-4-7-11-16/h4,6-11,13-15H,2-3H2,1H3. The number of unbranched alkanes of at least 4 members (excludes halogenated alkanes) is 1. The second-order valence-corrected chi connectivity index (χ2v) is 4.24. The van der Waals surface area contributed by atoms with Crippen LogP contribution in [-0.4, -0.2) is 6.21 Å². The molecule has 0 unspecified atom stereocenters. The smallest absolute Gasteiger partial charge is 0.0786 e. The Morgan fingerprint density at radius 3 is 2.53 bits per heavy atom. The first-order valence-electron chi connectivity index (χ1n) is 6.57. The molecule has 0 saturated carbocycles. The topological polar surface area (TPSA) is 12.4 Å². The van der Waals surface area contributed by atoms with E-state index in [1.165, 1.54) is 0 Å². The fourth-order valence-corrected chi connectivity index (χ4v) is 1.66. The van der Waals surface area contributed by atoms with Crippen molar-refractivity contribution in [3.05, 3.63) is 65.7 Å². The predicted octanol–water partition coefficient (Wildman–Crippen LogP) is 4.59. The summed E-state index contributed by atoms with van der Waals surface area (Å²) in [6.45, 7) is 2.13. The first-order chi connectivity index (χ1) is 9.40. The molecule has 0 aliphatic heterocycles. The number of hydrogen-bond donors (Lipinski definition) is 0. The zero-order valence-corrected chi connectivity index (χ0v) is 11.1. The third kappa shape index (κ3) is 4.12. The number of rotatable bonds is 3. The van der Waals surface area contributed by atoms with Crippen LogP contribution in [0.2, 0.25) is 0 Å². The van der Waals surface area contributed by atoms with Crippen LogP contribution in [0, 0.1) is 11.8 Å². The summed E-state index contributed by atoms with van der Waals surface area (Å²) in [6, 6.07) is 18.1. The molecule has 2 aromatic carbocycles.